The largest absolute Gasteiger partial charge is 0.354 e. The van der Waals surface area contributed by atoms with Gasteiger partial charge in [0.2, 0.25) is 5.95 Å². The van der Waals surface area contributed by atoms with E-state index in [4.69, 9.17) is 4.98 Å². The molecule has 1 unspecified atom stereocenters. The summed E-state index contributed by atoms with van der Waals surface area (Å²) in [6, 6.07) is 2.21. The fraction of sp³-hybridized carbons (Fsp3) is 0.600. The van der Waals surface area contributed by atoms with Gasteiger partial charge in [-0.3, -0.25) is 0 Å². The van der Waals surface area contributed by atoms with Gasteiger partial charge < -0.3 is 5.32 Å². The van der Waals surface area contributed by atoms with Gasteiger partial charge in [-0.1, -0.05) is 27.7 Å². The summed E-state index contributed by atoms with van der Waals surface area (Å²) >= 11 is 3.60. The van der Waals surface area contributed by atoms with Gasteiger partial charge >= 0.3 is 0 Å². The van der Waals surface area contributed by atoms with Crippen molar-refractivity contribution in [3.05, 3.63) is 10.9 Å². The Hall–Kier alpha value is -0.810. The van der Waals surface area contributed by atoms with E-state index in [9.17, 15) is 0 Å². The first-order chi connectivity index (χ1) is 9.51. The molecule has 110 valence electrons. The molecule has 3 nitrogen and oxygen atoms in total. The molecule has 1 N–H and O–H groups in total. The second-order valence-electron chi connectivity index (χ2n) is 5.42. The number of anilines is 1. The predicted molar refractivity (Wildman–Crippen MR) is 91.1 cm³/mol. The van der Waals surface area contributed by atoms with Crippen LogP contribution in [0.25, 0.3) is 10.2 Å². The lowest BCUT2D eigenvalue weighted by atomic mass is 10.2. The van der Waals surface area contributed by atoms with Crippen molar-refractivity contribution >= 4 is 39.3 Å². The van der Waals surface area contributed by atoms with Crippen molar-refractivity contribution in [3.8, 4) is 0 Å². The normalized spacial score (nSPS) is 13.1. The summed E-state index contributed by atoms with van der Waals surface area (Å²) in [5.74, 6) is 1.40. The number of nitrogens with zero attached hydrogens (tertiary/aromatic N) is 2. The highest BCUT2D eigenvalue weighted by Gasteiger charge is 2.15. The molecule has 0 spiro atoms. The van der Waals surface area contributed by atoms with E-state index in [1.54, 1.807) is 11.3 Å². The molecule has 0 radical (unpaired) electrons. The third-order valence-corrected chi connectivity index (χ3v) is 5.65. The van der Waals surface area contributed by atoms with Crippen molar-refractivity contribution < 1.29 is 0 Å². The molecule has 2 aromatic rings. The SMILES string of the molecule is CCCNc1nc(SC(C)C(C)C)c2cc(C)sc2n1. The maximum Gasteiger partial charge on any atom is 0.225 e. The van der Waals surface area contributed by atoms with E-state index in [0.29, 0.717) is 11.2 Å². The van der Waals surface area contributed by atoms with E-state index in [-0.39, 0.29) is 0 Å². The highest BCUT2D eigenvalue weighted by molar-refractivity contribution is 8.00. The zero-order valence-electron chi connectivity index (χ0n) is 12.9. The second-order valence-corrected chi connectivity index (χ2v) is 8.02. The smallest absolute Gasteiger partial charge is 0.225 e. The van der Waals surface area contributed by atoms with E-state index in [1.807, 2.05) is 11.8 Å². The number of aromatic nitrogens is 2. The molecule has 5 heteroatoms. The number of thioether (sulfide) groups is 1. The third-order valence-electron chi connectivity index (χ3n) is 3.25. The number of fused-ring (bicyclic) bond motifs is 1. The maximum absolute atomic E-state index is 4.72. The summed E-state index contributed by atoms with van der Waals surface area (Å²) in [4.78, 5) is 11.7. The molecule has 0 saturated heterocycles. The molecule has 0 aliphatic carbocycles. The average Bonchev–Trinajstić information content (AvgIpc) is 2.76. The monoisotopic (exact) mass is 309 g/mol. The van der Waals surface area contributed by atoms with Gasteiger partial charge in [-0.15, -0.1) is 23.1 Å². The van der Waals surface area contributed by atoms with Crippen molar-refractivity contribution in [1.82, 2.24) is 9.97 Å². The Kier molecular flexibility index (Phi) is 5.27. The summed E-state index contributed by atoms with van der Waals surface area (Å²) in [6.45, 7) is 12.0. The molecular weight excluding hydrogens is 286 g/mol. The molecule has 2 rings (SSSR count). The van der Waals surface area contributed by atoms with Gasteiger partial charge in [0.1, 0.15) is 9.86 Å². The summed E-state index contributed by atoms with van der Waals surface area (Å²) in [6.07, 6.45) is 1.08. The number of rotatable bonds is 6. The zero-order chi connectivity index (χ0) is 14.7. The third kappa shape index (κ3) is 3.64. The van der Waals surface area contributed by atoms with Crippen LogP contribution in [-0.2, 0) is 0 Å². The first-order valence-electron chi connectivity index (χ1n) is 7.20. The standard InChI is InChI=1S/C15H23N3S2/c1-6-7-16-15-17-13-12(8-10(4)19-13)14(18-15)20-11(5)9(2)3/h8-9,11H,6-7H2,1-5H3,(H,16,17,18). The van der Waals surface area contributed by atoms with E-state index in [0.717, 1.165) is 28.8 Å². The Labute approximate surface area is 129 Å². The van der Waals surface area contributed by atoms with Gasteiger partial charge in [0.15, 0.2) is 0 Å². The summed E-state index contributed by atoms with van der Waals surface area (Å²) in [5, 5.41) is 6.17. The molecule has 20 heavy (non-hydrogen) atoms. The lowest BCUT2D eigenvalue weighted by molar-refractivity contribution is 0.642. The molecule has 0 aliphatic rings. The van der Waals surface area contributed by atoms with E-state index < -0.39 is 0 Å². The topological polar surface area (TPSA) is 37.8 Å². The first-order valence-corrected chi connectivity index (χ1v) is 8.89. The Balaban J connectivity index is 2.38. The summed E-state index contributed by atoms with van der Waals surface area (Å²) in [7, 11) is 0. The van der Waals surface area contributed by atoms with Gasteiger partial charge in [0, 0.05) is 22.1 Å². The van der Waals surface area contributed by atoms with Crippen LogP contribution in [0.1, 0.15) is 39.0 Å². The van der Waals surface area contributed by atoms with Crippen molar-refractivity contribution in [2.45, 2.75) is 51.3 Å². The molecule has 0 saturated carbocycles. The molecule has 2 aromatic heterocycles. The lowest BCUT2D eigenvalue weighted by Crippen LogP contribution is -2.08. The molecular formula is C15H23N3S2. The lowest BCUT2D eigenvalue weighted by Gasteiger charge is -2.15. The highest BCUT2D eigenvalue weighted by Crippen LogP contribution is 2.35. The second kappa shape index (κ2) is 6.76. The van der Waals surface area contributed by atoms with Gasteiger partial charge in [0.25, 0.3) is 0 Å². The molecule has 0 aromatic carbocycles. The van der Waals surface area contributed by atoms with Crippen LogP contribution in [0, 0.1) is 12.8 Å². The van der Waals surface area contributed by atoms with Crippen molar-refractivity contribution in [2.75, 3.05) is 11.9 Å². The van der Waals surface area contributed by atoms with Crippen molar-refractivity contribution in [1.29, 1.82) is 0 Å². The number of hydrogen-bond acceptors (Lipinski definition) is 5. The van der Waals surface area contributed by atoms with Crippen LogP contribution in [0.4, 0.5) is 5.95 Å². The molecule has 2 heterocycles. The van der Waals surface area contributed by atoms with Crippen LogP contribution in [0.15, 0.2) is 11.1 Å². The van der Waals surface area contributed by atoms with Crippen LogP contribution < -0.4 is 5.32 Å². The molecule has 0 bridgehead atoms. The van der Waals surface area contributed by atoms with Crippen LogP contribution in [-0.4, -0.2) is 21.8 Å². The number of thiophene rings is 1. The van der Waals surface area contributed by atoms with E-state index in [2.05, 4.69) is 51.0 Å². The molecule has 0 fully saturated rings. The number of nitrogens with one attached hydrogen (secondary N) is 1. The number of hydrogen-bond donors (Lipinski definition) is 1. The van der Waals surface area contributed by atoms with Crippen LogP contribution in [0.2, 0.25) is 0 Å². The fourth-order valence-corrected chi connectivity index (χ4v) is 3.72. The zero-order valence-corrected chi connectivity index (χ0v) is 14.5. The number of aryl methyl sites for hydroxylation is 1. The van der Waals surface area contributed by atoms with Crippen LogP contribution in [0.5, 0.6) is 0 Å². The van der Waals surface area contributed by atoms with Gasteiger partial charge in [0.05, 0.1) is 0 Å². The highest BCUT2D eigenvalue weighted by atomic mass is 32.2. The Morgan fingerprint density at radius 3 is 2.70 bits per heavy atom. The minimum atomic E-state index is 0.548. The fourth-order valence-electron chi connectivity index (χ4n) is 1.73. The van der Waals surface area contributed by atoms with Crippen molar-refractivity contribution in [2.24, 2.45) is 5.92 Å². The molecule has 0 aliphatic heterocycles. The van der Waals surface area contributed by atoms with Gasteiger partial charge in [-0.25, -0.2) is 9.97 Å². The van der Waals surface area contributed by atoms with Crippen LogP contribution in [0.3, 0.4) is 0 Å². The first kappa shape index (κ1) is 15.6. The van der Waals surface area contributed by atoms with E-state index >= 15 is 0 Å². The minimum absolute atomic E-state index is 0.548. The van der Waals surface area contributed by atoms with Crippen molar-refractivity contribution in [3.63, 3.8) is 0 Å². The quantitative estimate of drug-likeness (QED) is 0.604. The molecule has 1 atom stereocenters. The van der Waals surface area contributed by atoms with Crippen LogP contribution >= 0.6 is 23.1 Å². The summed E-state index contributed by atoms with van der Waals surface area (Å²) in [5.41, 5.74) is 0. The molecule has 0 amide bonds. The minimum Gasteiger partial charge on any atom is -0.354 e. The summed E-state index contributed by atoms with van der Waals surface area (Å²) < 4.78 is 0. The Bertz CT molecular complexity index is 578. The van der Waals surface area contributed by atoms with E-state index in [1.165, 1.54) is 10.3 Å². The predicted octanol–water partition coefficient (Wildman–Crippen LogP) is 4.96. The van der Waals surface area contributed by atoms with Gasteiger partial charge in [-0.2, -0.15) is 0 Å². The Morgan fingerprint density at radius 1 is 1.30 bits per heavy atom. The van der Waals surface area contributed by atoms with Gasteiger partial charge in [-0.05, 0) is 25.3 Å². The maximum atomic E-state index is 4.72. The Morgan fingerprint density at radius 2 is 2.05 bits per heavy atom. The average molecular weight is 310 g/mol.